The number of carbonyl (C=O) groups excluding carboxylic acids is 1. The Labute approximate surface area is 122 Å². The van der Waals surface area contributed by atoms with Gasteiger partial charge in [-0.3, -0.25) is 14.8 Å². The van der Waals surface area contributed by atoms with E-state index in [2.05, 4.69) is 9.97 Å². The number of sulfone groups is 1. The highest BCUT2D eigenvalue weighted by atomic mass is 32.2. The third-order valence-corrected chi connectivity index (χ3v) is 4.72. The minimum absolute atomic E-state index is 0.0349. The van der Waals surface area contributed by atoms with Gasteiger partial charge >= 0.3 is 0 Å². The molecule has 21 heavy (non-hydrogen) atoms. The molecule has 0 bridgehead atoms. The highest BCUT2D eigenvalue weighted by molar-refractivity contribution is 7.91. The molecular formula is C14H14N2O4S. The molecule has 6 nitrogen and oxygen atoms in total. The van der Waals surface area contributed by atoms with Gasteiger partial charge in [-0.2, -0.15) is 0 Å². The van der Waals surface area contributed by atoms with E-state index >= 15 is 0 Å². The lowest BCUT2D eigenvalue weighted by molar-refractivity contribution is 0.0903. The molecule has 7 heteroatoms. The topological polar surface area (TPSA) is 97.2 Å². The molecule has 0 unspecified atom stereocenters. The van der Waals surface area contributed by atoms with E-state index in [9.17, 15) is 13.2 Å². The van der Waals surface area contributed by atoms with Crippen LogP contribution in [0.1, 0.15) is 17.3 Å². The summed E-state index contributed by atoms with van der Waals surface area (Å²) in [5, 5.41) is 8.79. The predicted molar refractivity (Wildman–Crippen MR) is 76.6 cm³/mol. The zero-order chi connectivity index (χ0) is 15.5. The third-order valence-electron chi connectivity index (χ3n) is 2.96. The van der Waals surface area contributed by atoms with Crippen LogP contribution >= 0.6 is 0 Å². The Morgan fingerprint density at radius 3 is 2.57 bits per heavy atom. The van der Waals surface area contributed by atoms with Gasteiger partial charge < -0.3 is 5.11 Å². The molecule has 2 rings (SSSR count). The lowest BCUT2D eigenvalue weighted by atomic mass is 10.1. The quantitative estimate of drug-likeness (QED) is 0.831. The van der Waals surface area contributed by atoms with Crippen molar-refractivity contribution in [3.8, 4) is 11.4 Å². The maximum Gasteiger partial charge on any atom is 0.189 e. The Hall–Kier alpha value is -2.12. The van der Waals surface area contributed by atoms with Crippen LogP contribution in [0, 0.1) is 0 Å². The van der Waals surface area contributed by atoms with Crippen molar-refractivity contribution in [3.63, 3.8) is 0 Å². The van der Waals surface area contributed by atoms with Crippen molar-refractivity contribution in [2.45, 2.75) is 11.8 Å². The average molecular weight is 306 g/mol. The molecule has 0 spiro atoms. The first kappa shape index (κ1) is 15.3. The van der Waals surface area contributed by atoms with E-state index in [0.29, 0.717) is 5.69 Å². The SMILES string of the molecule is CCS(=O)(=O)c1cccnc1-c1ccc(C(=O)CO)cn1. The van der Waals surface area contributed by atoms with Gasteiger partial charge in [-0.1, -0.05) is 6.92 Å². The Balaban J connectivity index is 2.51. The number of rotatable bonds is 5. The summed E-state index contributed by atoms with van der Waals surface area (Å²) >= 11 is 0. The first-order chi connectivity index (χ1) is 9.99. The van der Waals surface area contributed by atoms with Crippen LogP contribution < -0.4 is 0 Å². The van der Waals surface area contributed by atoms with Gasteiger partial charge in [0.25, 0.3) is 0 Å². The predicted octanol–water partition coefficient (Wildman–Crippen LogP) is 1.11. The summed E-state index contributed by atoms with van der Waals surface area (Å²) in [6.07, 6.45) is 2.78. The van der Waals surface area contributed by atoms with E-state index in [0.717, 1.165) is 0 Å². The Kier molecular flexibility index (Phi) is 4.44. The van der Waals surface area contributed by atoms with E-state index < -0.39 is 22.2 Å². The minimum atomic E-state index is -3.42. The van der Waals surface area contributed by atoms with Crippen LogP contribution in [0.2, 0.25) is 0 Å². The van der Waals surface area contributed by atoms with Crippen molar-refractivity contribution < 1.29 is 18.3 Å². The number of aliphatic hydroxyl groups excluding tert-OH is 1. The number of hydrogen-bond donors (Lipinski definition) is 1. The molecule has 0 aliphatic heterocycles. The molecular weight excluding hydrogens is 292 g/mol. The molecule has 1 N–H and O–H groups in total. The lowest BCUT2D eigenvalue weighted by Crippen LogP contribution is -2.08. The Bertz CT molecular complexity index is 755. The smallest absolute Gasteiger partial charge is 0.189 e. The molecule has 2 heterocycles. The number of hydrogen-bond acceptors (Lipinski definition) is 6. The number of pyridine rings is 2. The highest BCUT2D eigenvalue weighted by Gasteiger charge is 2.19. The van der Waals surface area contributed by atoms with Crippen molar-refractivity contribution in [2.24, 2.45) is 0 Å². The first-order valence-corrected chi connectivity index (χ1v) is 7.93. The summed E-state index contributed by atoms with van der Waals surface area (Å²) in [5.74, 6) is -0.483. The van der Waals surface area contributed by atoms with Gasteiger partial charge in [0, 0.05) is 18.0 Å². The fourth-order valence-electron chi connectivity index (χ4n) is 1.78. The van der Waals surface area contributed by atoms with Crippen LogP contribution in [0.25, 0.3) is 11.4 Å². The Morgan fingerprint density at radius 2 is 2.00 bits per heavy atom. The van der Waals surface area contributed by atoms with Gasteiger partial charge in [-0.25, -0.2) is 8.42 Å². The summed E-state index contributed by atoms with van der Waals surface area (Å²) in [5.41, 5.74) is 0.872. The van der Waals surface area contributed by atoms with Gasteiger partial charge in [0.2, 0.25) is 0 Å². The lowest BCUT2D eigenvalue weighted by Gasteiger charge is -2.08. The van der Waals surface area contributed by atoms with E-state index in [1.807, 2.05) is 0 Å². The number of aliphatic hydroxyl groups is 1. The maximum atomic E-state index is 12.1. The molecule has 0 aliphatic carbocycles. The molecule has 2 aromatic heterocycles. The standard InChI is InChI=1S/C14H14N2O4S/c1-2-21(19,20)13-4-3-7-15-14(13)11-6-5-10(8-16-11)12(18)9-17/h3-8,17H,2,9H2,1H3. The Morgan fingerprint density at radius 1 is 1.24 bits per heavy atom. The molecule has 0 amide bonds. The van der Waals surface area contributed by atoms with Crippen LogP contribution in [0.15, 0.2) is 41.6 Å². The maximum absolute atomic E-state index is 12.1. The van der Waals surface area contributed by atoms with Crippen molar-refractivity contribution in [1.82, 2.24) is 9.97 Å². The summed E-state index contributed by atoms with van der Waals surface area (Å²) in [6, 6.07) is 6.03. The van der Waals surface area contributed by atoms with Crippen LogP contribution in [-0.2, 0) is 9.84 Å². The summed E-state index contributed by atoms with van der Waals surface area (Å²) in [4.78, 5) is 19.6. The zero-order valence-electron chi connectivity index (χ0n) is 11.4. The van der Waals surface area contributed by atoms with Crippen molar-refractivity contribution in [1.29, 1.82) is 0 Å². The second-order valence-electron chi connectivity index (χ2n) is 4.27. The van der Waals surface area contributed by atoms with Crippen molar-refractivity contribution >= 4 is 15.6 Å². The van der Waals surface area contributed by atoms with Crippen LogP contribution in [0.5, 0.6) is 0 Å². The van der Waals surface area contributed by atoms with E-state index in [1.165, 1.54) is 30.6 Å². The van der Waals surface area contributed by atoms with Crippen LogP contribution in [0.3, 0.4) is 0 Å². The highest BCUT2D eigenvalue weighted by Crippen LogP contribution is 2.24. The molecule has 0 saturated heterocycles. The second-order valence-corrected chi connectivity index (χ2v) is 6.51. The van der Waals surface area contributed by atoms with Gasteiger partial charge in [-0.05, 0) is 24.3 Å². The third kappa shape index (κ3) is 3.14. The number of Topliss-reactive ketones (excluding diaryl/α,β-unsaturated/α-hetero) is 1. The van der Waals surface area contributed by atoms with Gasteiger partial charge in [-0.15, -0.1) is 0 Å². The van der Waals surface area contributed by atoms with E-state index in [4.69, 9.17) is 5.11 Å². The van der Waals surface area contributed by atoms with E-state index in [-0.39, 0.29) is 21.9 Å². The molecule has 0 aliphatic rings. The average Bonchev–Trinajstić information content (AvgIpc) is 2.54. The molecule has 0 radical (unpaired) electrons. The van der Waals surface area contributed by atoms with Gasteiger partial charge in [0.15, 0.2) is 15.6 Å². The summed E-state index contributed by atoms with van der Waals surface area (Å²) < 4.78 is 24.1. The molecule has 110 valence electrons. The normalized spacial score (nSPS) is 11.3. The second kappa shape index (κ2) is 6.11. The van der Waals surface area contributed by atoms with Gasteiger partial charge in [0.05, 0.1) is 16.3 Å². The molecule has 0 aromatic carbocycles. The van der Waals surface area contributed by atoms with E-state index in [1.54, 1.807) is 13.0 Å². The molecule has 0 atom stereocenters. The minimum Gasteiger partial charge on any atom is -0.388 e. The summed E-state index contributed by atoms with van der Waals surface area (Å²) in [6.45, 7) is 0.961. The largest absolute Gasteiger partial charge is 0.388 e. The first-order valence-electron chi connectivity index (χ1n) is 6.28. The fourth-order valence-corrected chi connectivity index (χ4v) is 2.83. The number of nitrogens with zero attached hydrogens (tertiary/aromatic N) is 2. The van der Waals surface area contributed by atoms with Crippen LogP contribution in [-0.4, -0.2) is 41.6 Å². The molecule has 2 aromatic rings. The fraction of sp³-hybridized carbons (Fsp3) is 0.214. The molecule has 0 saturated carbocycles. The number of aromatic nitrogens is 2. The van der Waals surface area contributed by atoms with Crippen LogP contribution in [0.4, 0.5) is 0 Å². The van der Waals surface area contributed by atoms with Gasteiger partial charge in [0.1, 0.15) is 12.3 Å². The summed E-state index contributed by atoms with van der Waals surface area (Å²) in [7, 11) is -3.42. The number of carbonyl (C=O) groups is 1. The number of ketones is 1. The zero-order valence-corrected chi connectivity index (χ0v) is 12.2. The monoisotopic (exact) mass is 306 g/mol. The molecule has 0 fully saturated rings. The van der Waals surface area contributed by atoms with Crippen molar-refractivity contribution in [3.05, 3.63) is 42.2 Å². The van der Waals surface area contributed by atoms with Crippen molar-refractivity contribution in [2.75, 3.05) is 12.4 Å².